The third kappa shape index (κ3) is 3.80. The Kier molecular flexibility index (Phi) is 4.53. The fourth-order valence-electron chi connectivity index (χ4n) is 2.26. The van der Waals surface area contributed by atoms with Crippen LogP contribution >= 0.6 is 0 Å². The zero-order valence-electron chi connectivity index (χ0n) is 10.9. The number of phenols is 1. The zero-order valence-corrected chi connectivity index (χ0v) is 10.9. The van der Waals surface area contributed by atoms with Crippen LogP contribution in [0.3, 0.4) is 0 Å². The summed E-state index contributed by atoms with van der Waals surface area (Å²) in [6.45, 7) is 0.807. The molecule has 2 aromatic rings. The second kappa shape index (κ2) is 6.34. The van der Waals surface area contributed by atoms with Gasteiger partial charge in [-0.3, -0.25) is 0 Å². The molecule has 1 unspecified atom stereocenters. The quantitative estimate of drug-likeness (QED) is 0.865. The van der Waals surface area contributed by atoms with Gasteiger partial charge in [-0.1, -0.05) is 24.3 Å². The highest BCUT2D eigenvalue weighted by Gasteiger charge is 2.12. The highest BCUT2D eigenvalue weighted by Crippen LogP contribution is 2.22. The molecule has 0 aromatic heterocycles. The number of aromatic hydroxyl groups is 1. The number of phenolic OH excluding ortho intramolecular Hbond substituents is 1. The monoisotopic (exact) mass is 259 g/mol. The van der Waals surface area contributed by atoms with E-state index in [-0.39, 0.29) is 17.5 Å². The Labute approximate surface area is 112 Å². The maximum Gasteiger partial charge on any atom is 0.123 e. The van der Waals surface area contributed by atoms with Gasteiger partial charge in [0.25, 0.3) is 0 Å². The van der Waals surface area contributed by atoms with E-state index in [0.29, 0.717) is 0 Å². The van der Waals surface area contributed by atoms with Crippen molar-refractivity contribution in [3.05, 3.63) is 65.5 Å². The SMILES string of the molecule is CNCC(Cc1cccc(O)c1)c1ccc(F)cc1. The largest absolute Gasteiger partial charge is 0.508 e. The van der Waals surface area contributed by atoms with Gasteiger partial charge in [0.05, 0.1) is 0 Å². The van der Waals surface area contributed by atoms with Crippen molar-refractivity contribution in [2.75, 3.05) is 13.6 Å². The van der Waals surface area contributed by atoms with E-state index in [1.165, 1.54) is 12.1 Å². The van der Waals surface area contributed by atoms with E-state index in [0.717, 1.165) is 24.1 Å². The van der Waals surface area contributed by atoms with Crippen LogP contribution in [0.25, 0.3) is 0 Å². The Morgan fingerprint density at radius 3 is 2.53 bits per heavy atom. The van der Waals surface area contributed by atoms with Crippen molar-refractivity contribution < 1.29 is 9.50 Å². The van der Waals surface area contributed by atoms with Gasteiger partial charge in [0.2, 0.25) is 0 Å². The molecule has 0 heterocycles. The van der Waals surface area contributed by atoms with Gasteiger partial charge in [-0.2, -0.15) is 0 Å². The number of benzene rings is 2. The smallest absolute Gasteiger partial charge is 0.123 e. The summed E-state index contributed by atoms with van der Waals surface area (Å²) in [5.74, 6) is 0.316. The Morgan fingerprint density at radius 1 is 1.16 bits per heavy atom. The Hall–Kier alpha value is -1.87. The van der Waals surface area contributed by atoms with Crippen LogP contribution in [0.5, 0.6) is 5.75 Å². The molecule has 0 radical (unpaired) electrons. The molecule has 0 aliphatic rings. The molecule has 100 valence electrons. The number of hydrogen-bond donors (Lipinski definition) is 2. The average molecular weight is 259 g/mol. The number of halogens is 1. The summed E-state index contributed by atoms with van der Waals surface area (Å²) in [7, 11) is 1.90. The van der Waals surface area contributed by atoms with Gasteiger partial charge in [-0.25, -0.2) is 4.39 Å². The molecule has 0 saturated carbocycles. The van der Waals surface area contributed by atoms with E-state index in [1.54, 1.807) is 12.1 Å². The molecule has 3 heteroatoms. The molecule has 1 atom stereocenters. The maximum absolute atomic E-state index is 13.0. The van der Waals surface area contributed by atoms with Crippen LogP contribution in [-0.4, -0.2) is 18.7 Å². The van der Waals surface area contributed by atoms with Crippen LogP contribution in [0.15, 0.2) is 48.5 Å². The molecule has 19 heavy (non-hydrogen) atoms. The predicted molar refractivity (Wildman–Crippen MR) is 74.9 cm³/mol. The molecule has 2 aromatic carbocycles. The van der Waals surface area contributed by atoms with Crippen molar-refractivity contribution >= 4 is 0 Å². The van der Waals surface area contributed by atoms with Gasteiger partial charge in [0.1, 0.15) is 11.6 Å². The third-order valence-corrected chi connectivity index (χ3v) is 3.18. The minimum absolute atomic E-state index is 0.218. The molecule has 0 fully saturated rings. The van der Waals surface area contributed by atoms with Gasteiger partial charge < -0.3 is 10.4 Å². The van der Waals surface area contributed by atoms with E-state index in [1.807, 2.05) is 31.3 Å². The highest BCUT2D eigenvalue weighted by atomic mass is 19.1. The minimum atomic E-state index is -0.218. The van der Waals surface area contributed by atoms with Gasteiger partial charge in [-0.15, -0.1) is 0 Å². The predicted octanol–water partition coefficient (Wildman–Crippen LogP) is 3.08. The summed E-state index contributed by atoms with van der Waals surface area (Å²) >= 11 is 0. The summed E-state index contributed by atoms with van der Waals surface area (Å²) < 4.78 is 13.0. The lowest BCUT2D eigenvalue weighted by atomic mass is 9.92. The van der Waals surface area contributed by atoms with E-state index < -0.39 is 0 Å². The summed E-state index contributed by atoms with van der Waals surface area (Å²) in [5, 5.41) is 12.7. The fraction of sp³-hybridized carbons (Fsp3) is 0.250. The van der Waals surface area contributed by atoms with E-state index >= 15 is 0 Å². The lowest BCUT2D eigenvalue weighted by Gasteiger charge is -2.17. The van der Waals surface area contributed by atoms with Crippen molar-refractivity contribution in [2.24, 2.45) is 0 Å². The second-order valence-corrected chi connectivity index (χ2v) is 4.68. The maximum atomic E-state index is 13.0. The molecule has 0 spiro atoms. The number of rotatable bonds is 5. The Balaban J connectivity index is 2.18. The molecule has 0 aliphatic heterocycles. The summed E-state index contributed by atoms with van der Waals surface area (Å²) in [6.07, 6.45) is 0.806. The first kappa shape index (κ1) is 13.6. The molecule has 0 aliphatic carbocycles. The van der Waals surface area contributed by atoms with Crippen LogP contribution in [0.1, 0.15) is 17.0 Å². The number of hydrogen-bond acceptors (Lipinski definition) is 2. The highest BCUT2D eigenvalue weighted by molar-refractivity contribution is 5.30. The summed E-state index contributed by atoms with van der Waals surface area (Å²) in [5.41, 5.74) is 2.17. The van der Waals surface area contributed by atoms with Crippen molar-refractivity contribution in [1.82, 2.24) is 5.32 Å². The average Bonchev–Trinajstić information content (AvgIpc) is 2.39. The first-order valence-corrected chi connectivity index (χ1v) is 6.37. The van der Waals surface area contributed by atoms with Crippen molar-refractivity contribution in [2.45, 2.75) is 12.3 Å². The lowest BCUT2D eigenvalue weighted by molar-refractivity contribution is 0.474. The van der Waals surface area contributed by atoms with E-state index in [2.05, 4.69) is 5.32 Å². The standard InChI is InChI=1S/C16H18FNO/c1-18-11-14(13-5-7-15(17)8-6-13)9-12-3-2-4-16(19)10-12/h2-8,10,14,18-19H,9,11H2,1H3. The second-order valence-electron chi connectivity index (χ2n) is 4.68. The molecule has 2 N–H and O–H groups in total. The van der Waals surface area contributed by atoms with E-state index in [9.17, 15) is 9.50 Å². The first-order chi connectivity index (χ1) is 9.19. The molecule has 0 bridgehead atoms. The van der Waals surface area contributed by atoms with Crippen LogP contribution in [0.4, 0.5) is 4.39 Å². The van der Waals surface area contributed by atoms with Crippen molar-refractivity contribution in [1.29, 1.82) is 0 Å². The van der Waals surface area contributed by atoms with Gasteiger partial charge in [0.15, 0.2) is 0 Å². The molecule has 2 nitrogen and oxygen atoms in total. The van der Waals surface area contributed by atoms with Crippen LogP contribution in [0, 0.1) is 5.82 Å². The van der Waals surface area contributed by atoms with Crippen LogP contribution in [-0.2, 0) is 6.42 Å². The van der Waals surface area contributed by atoms with Crippen LogP contribution < -0.4 is 5.32 Å². The number of nitrogens with one attached hydrogen (secondary N) is 1. The van der Waals surface area contributed by atoms with Gasteiger partial charge in [0, 0.05) is 12.5 Å². The van der Waals surface area contributed by atoms with Crippen molar-refractivity contribution in [3.63, 3.8) is 0 Å². The minimum Gasteiger partial charge on any atom is -0.508 e. The topological polar surface area (TPSA) is 32.3 Å². The first-order valence-electron chi connectivity index (χ1n) is 6.37. The Morgan fingerprint density at radius 2 is 1.89 bits per heavy atom. The van der Waals surface area contributed by atoms with Crippen LogP contribution in [0.2, 0.25) is 0 Å². The molecule has 2 rings (SSSR count). The normalized spacial score (nSPS) is 12.3. The van der Waals surface area contributed by atoms with Crippen molar-refractivity contribution in [3.8, 4) is 5.75 Å². The lowest BCUT2D eigenvalue weighted by Crippen LogP contribution is -2.19. The fourth-order valence-corrected chi connectivity index (χ4v) is 2.26. The zero-order chi connectivity index (χ0) is 13.7. The van der Waals surface area contributed by atoms with Gasteiger partial charge >= 0.3 is 0 Å². The number of likely N-dealkylation sites (N-methyl/N-ethyl adjacent to an activating group) is 1. The molecular weight excluding hydrogens is 241 g/mol. The third-order valence-electron chi connectivity index (χ3n) is 3.18. The molecular formula is C16H18FNO. The molecule has 0 saturated heterocycles. The summed E-state index contributed by atoms with van der Waals surface area (Å²) in [4.78, 5) is 0. The summed E-state index contributed by atoms with van der Waals surface area (Å²) in [6, 6.07) is 13.9. The van der Waals surface area contributed by atoms with Gasteiger partial charge in [-0.05, 0) is 48.9 Å². The molecule has 0 amide bonds. The Bertz CT molecular complexity index is 525. The van der Waals surface area contributed by atoms with E-state index in [4.69, 9.17) is 0 Å².